The molecule has 3 N–H and O–H groups in total. The summed E-state index contributed by atoms with van der Waals surface area (Å²) in [5.41, 5.74) is 1.32. The van der Waals surface area contributed by atoms with E-state index in [2.05, 4.69) is 10.6 Å². The number of hydrogen-bond acceptors (Lipinski definition) is 5. The molecule has 7 nitrogen and oxygen atoms in total. The normalized spacial score (nSPS) is 17.8. The number of ether oxygens (including phenoxy) is 2. The first kappa shape index (κ1) is 20.7. The zero-order valence-electron chi connectivity index (χ0n) is 16.7. The highest BCUT2D eigenvalue weighted by Crippen LogP contribution is 2.36. The third kappa shape index (κ3) is 4.68. The van der Waals surface area contributed by atoms with Gasteiger partial charge in [-0.3, -0.25) is 9.59 Å². The fraction of sp³-hybridized carbons (Fsp3) is 0.364. The third-order valence-corrected chi connectivity index (χ3v) is 5.23. The minimum atomic E-state index is -1.21. The quantitative estimate of drug-likeness (QED) is 0.643. The van der Waals surface area contributed by atoms with Gasteiger partial charge in [-0.15, -0.1) is 0 Å². The largest absolute Gasteiger partial charge is 0.497 e. The number of para-hydroxylation sites is 1. The summed E-state index contributed by atoms with van der Waals surface area (Å²) in [6.07, 6.45) is 2.13. The first-order chi connectivity index (χ1) is 14.0. The molecule has 2 aromatic rings. The minimum absolute atomic E-state index is 0.0345. The lowest BCUT2D eigenvalue weighted by molar-refractivity contribution is -0.140. The Morgan fingerprint density at radius 1 is 1.07 bits per heavy atom. The summed E-state index contributed by atoms with van der Waals surface area (Å²) in [5.74, 6) is -0.177. The van der Waals surface area contributed by atoms with Gasteiger partial charge in [0, 0.05) is 12.1 Å². The Kier molecular flexibility index (Phi) is 6.39. The molecule has 0 aromatic heterocycles. The van der Waals surface area contributed by atoms with Gasteiger partial charge in [-0.1, -0.05) is 24.3 Å². The monoisotopic (exact) mass is 398 g/mol. The first-order valence-electron chi connectivity index (χ1n) is 9.54. The van der Waals surface area contributed by atoms with Crippen molar-refractivity contribution in [2.75, 3.05) is 20.8 Å². The molecule has 0 fully saturated rings. The second-order valence-electron chi connectivity index (χ2n) is 7.09. The van der Waals surface area contributed by atoms with Crippen LogP contribution in [0, 0.1) is 0 Å². The van der Waals surface area contributed by atoms with Crippen LogP contribution in [0.3, 0.4) is 0 Å². The summed E-state index contributed by atoms with van der Waals surface area (Å²) in [4.78, 5) is 24.4. The molecule has 0 radical (unpaired) electrons. The van der Waals surface area contributed by atoms with E-state index in [1.54, 1.807) is 26.4 Å². The highest BCUT2D eigenvalue weighted by atomic mass is 16.5. The lowest BCUT2D eigenvalue weighted by Gasteiger charge is -2.34. The Morgan fingerprint density at radius 3 is 2.59 bits per heavy atom. The van der Waals surface area contributed by atoms with Crippen LogP contribution in [0.5, 0.6) is 11.5 Å². The molecule has 0 saturated heterocycles. The second kappa shape index (κ2) is 8.96. The number of nitrogens with one attached hydrogen (secondary N) is 2. The van der Waals surface area contributed by atoms with E-state index in [4.69, 9.17) is 9.47 Å². The number of aliphatic hydroxyl groups is 1. The Labute approximate surface area is 170 Å². The minimum Gasteiger partial charge on any atom is -0.497 e. The van der Waals surface area contributed by atoms with Crippen molar-refractivity contribution in [3.05, 3.63) is 59.2 Å². The molecule has 154 valence electrons. The van der Waals surface area contributed by atoms with E-state index >= 15 is 0 Å². The molecular weight excluding hydrogens is 372 g/mol. The summed E-state index contributed by atoms with van der Waals surface area (Å²) in [5, 5.41) is 16.2. The molecule has 0 saturated carbocycles. The zero-order valence-corrected chi connectivity index (χ0v) is 16.7. The van der Waals surface area contributed by atoms with E-state index in [0.717, 1.165) is 35.3 Å². The maximum atomic E-state index is 12.2. The molecule has 1 aliphatic carbocycles. The molecule has 1 unspecified atom stereocenters. The number of amides is 2. The lowest BCUT2D eigenvalue weighted by Crippen LogP contribution is -2.47. The van der Waals surface area contributed by atoms with Crippen molar-refractivity contribution in [3.8, 4) is 11.5 Å². The number of aryl methyl sites for hydroxylation is 1. The lowest BCUT2D eigenvalue weighted by atomic mass is 9.79. The average molecular weight is 398 g/mol. The Hall–Kier alpha value is -3.06. The number of carbonyl (C=O) groups is 2. The average Bonchev–Trinajstić information content (AvgIpc) is 2.75. The molecule has 0 bridgehead atoms. The van der Waals surface area contributed by atoms with Crippen LogP contribution in [0.2, 0.25) is 0 Å². The van der Waals surface area contributed by atoms with Gasteiger partial charge in [0.25, 0.3) is 0 Å². The van der Waals surface area contributed by atoms with Crippen LogP contribution in [-0.4, -0.2) is 37.7 Å². The van der Waals surface area contributed by atoms with Gasteiger partial charge in [0.05, 0.1) is 20.8 Å². The fourth-order valence-electron chi connectivity index (χ4n) is 3.66. The molecule has 0 aliphatic heterocycles. The number of rotatable bonds is 6. The SMILES string of the molecule is COc1ccc2c(c1)CCCC2(O)CNC(=O)C(=O)NCc1ccccc1OC. The topological polar surface area (TPSA) is 96.9 Å². The zero-order chi connectivity index (χ0) is 20.9. The van der Waals surface area contributed by atoms with Crippen molar-refractivity contribution < 1.29 is 24.2 Å². The standard InChI is InChI=1S/C22H26N2O5/c1-28-17-9-10-18-15(12-17)7-5-11-22(18,27)14-24-21(26)20(25)23-13-16-6-3-4-8-19(16)29-2/h3-4,6,8-10,12,27H,5,7,11,13-14H2,1-2H3,(H,23,25)(H,24,26). The maximum Gasteiger partial charge on any atom is 0.309 e. The molecule has 1 atom stereocenters. The molecule has 29 heavy (non-hydrogen) atoms. The van der Waals surface area contributed by atoms with Gasteiger partial charge in [-0.25, -0.2) is 0 Å². The van der Waals surface area contributed by atoms with Crippen molar-refractivity contribution in [3.63, 3.8) is 0 Å². The number of methoxy groups -OCH3 is 2. The van der Waals surface area contributed by atoms with Crippen molar-refractivity contribution in [1.29, 1.82) is 0 Å². The Bertz CT molecular complexity index is 899. The number of fused-ring (bicyclic) bond motifs is 1. The number of benzene rings is 2. The fourth-order valence-corrected chi connectivity index (χ4v) is 3.66. The van der Waals surface area contributed by atoms with Gasteiger partial charge in [-0.2, -0.15) is 0 Å². The summed E-state index contributed by atoms with van der Waals surface area (Å²) in [7, 11) is 3.15. The number of carbonyl (C=O) groups excluding carboxylic acids is 2. The van der Waals surface area contributed by atoms with Crippen LogP contribution in [0.1, 0.15) is 29.5 Å². The van der Waals surface area contributed by atoms with Crippen molar-refractivity contribution in [1.82, 2.24) is 10.6 Å². The molecule has 0 heterocycles. The first-order valence-corrected chi connectivity index (χ1v) is 9.54. The summed E-state index contributed by atoms with van der Waals surface area (Å²) in [6.45, 7) is 0.135. The van der Waals surface area contributed by atoms with E-state index in [1.807, 2.05) is 30.3 Å². The number of hydrogen-bond donors (Lipinski definition) is 3. The van der Waals surface area contributed by atoms with Crippen molar-refractivity contribution >= 4 is 11.8 Å². The van der Waals surface area contributed by atoms with Gasteiger partial charge < -0.3 is 25.2 Å². The summed E-state index contributed by atoms with van der Waals surface area (Å²) < 4.78 is 10.5. The van der Waals surface area contributed by atoms with Gasteiger partial charge in [-0.05, 0) is 48.6 Å². The maximum absolute atomic E-state index is 12.2. The molecule has 1 aliphatic rings. The van der Waals surface area contributed by atoms with Crippen molar-refractivity contribution in [2.45, 2.75) is 31.4 Å². The third-order valence-electron chi connectivity index (χ3n) is 5.23. The van der Waals surface area contributed by atoms with Crippen LogP contribution in [-0.2, 0) is 28.2 Å². The van der Waals surface area contributed by atoms with Crippen LogP contribution in [0.4, 0.5) is 0 Å². The van der Waals surface area contributed by atoms with E-state index in [-0.39, 0.29) is 13.1 Å². The smallest absolute Gasteiger partial charge is 0.309 e. The van der Waals surface area contributed by atoms with Gasteiger partial charge in [0.2, 0.25) is 0 Å². The van der Waals surface area contributed by atoms with Crippen molar-refractivity contribution in [2.24, 2.45) is 0 Å². The Morgan fingerprint density at radius 2 is 1.83 bits per heavy atom. The molecule has 3 rings (SSSR count). The Balaban J connectivity index is 1.60. The molecule has 0 spiro atoms. The molecule has 7 heteroatoms. The van der Waals surface area contributed by atoms with Crippen LogP contribution in [0.15, 0.2) is 42.5 Å². The summed E-state index contributed by atoms with van der Waals surface area (Å²) in [6, 6.07) is 12.8. The van der Waals surface area contributed by atoms with Crippen LogP contribution < -0.4 is 20.1 Å². The highest BCUT2D eigenvalue weighted by Gasteiger charge is 2.35. The van der Waals surface area contributed by atoms with Gasteiger partial charge >= 0.3 is 11.8 Å². The van der Waals surface area contributed by atoms with E-state index < -0.39 is 17.4 Å². The van der Waals surface area contributed by atoms with Crippen LogP contribution >= 0.6 is 0 Å². The predicted molar refractivity (Wildman–Crippen MR) is 108 cm³/mol. The van der Waals surface area contributed by atoms with E-state index in [1.165, 1.54) is 0 Å². The molecule has 2 amide bonds. The van der Waals surface area contributed by atoms with E-state index in [9.17, 15) is 14.7 Å². The predicted octanol–water partition coefficient (Wildman–Crippen LogP) is 1.66. The molecular formula is C22H26N2O5. The van der Waals surface area contributed by atoms with Gasteiger partial charge in [0.15, 0.2) is 0 Å². The highest BCUT2D eigenvalue weighted by molar-refractivity contribution is 6.35. The summed E-state index contributed by atoms with van der Waals surface area (Å²) >= 11 is 0. The van der Waals surface area contributed by atoms with E-state index in [0.29, 0.717) is 12.2 Å². The second-order valence-corrected chi connectivity index (χ2v) is 7.09. The van der Waals surface area contributed by atoms with Crippen LogP contribution in [0.25, 0.3) is 0 Å². The van der Waals surface area contributed by atoms with Gasteiger partial charge in [0.1, 0.15) is 17.1 Å². The molecule has 2 aromatic carbocycles.